The van der Waals surface area contributed by atoms with Crippen molar-refractivity contribution in [2.24, 2.45) is 0 Å². The fourth-order valence-electron chi connectivity index (χ4n) is 2.53. The Morgan fingerprint density at radius 3 is 2.10 bits per heavy atom. The van der Waals surface area contributed by atoms with Gasteiger partial charge in [0.05, 0.1) is 24.3 Å². The highest BCUT2D eigenvalue weighted by Crippen LogP contribution is 2.18. The van der Waals surface area contributed by atoms with Crippen LogP contribution in [-0.2, 0) is 14.3 Å². The van der Waals surface area contributed by atoms with E-state index in [-0.39, 0.29) is 48.3 Å². The summed E-state index contributed by atoms with van der Waals surface area (Å²) < 4.78 is 9.94. The highest BCUT2D eigenvalue weighted by atomic mass is 32.1. The van der Waals surface area contributed by atoms with E-state index in [0.29, 0.717) is 18.5 Å². The predicted octanol–water partition coefficient (Wildman–Crippen LogP) is 3.25. The Bertz CT molecular complexity index is 859. The quantitative estimate of drug-likeness (QED) is 0.440. The smallest absolute Gasteiger partial charge is 0.338 e. The molecule has 0 spiro atoms. The lowest BCUT2D eigenvalue weighted by Gasteiger charge is -2.11. The van der Waals surface area contributed by atoms with Crippen molar-refractivity contribution in [3.8, 4) is 0 Å². The molecule has 2 rings (SSSR count). The molecule has 0 fully saturated rings. The fourth-order valence-corrected chi connectivity index (χ4v) is 3.17. The molecule has 0 bridgehead atoms. The van der Waals surface area contributed by atoms with E-state index >= 15 is 0 Å². The standard InChI is InChI=1S/C21H24N2O6S/c1-3-28-20(26)15-10-16(21(27)29-4-2)12-17(11-15)23-18(24)6-5-8-22-19(25)14-7-9-30-13-14/h7,9-13H,3-6,8H2,1-2H3,(H,22,25)(H,23,24). The number of benzene rings is 1. The van der Waals surface area contributed by atoms with Crippen molar-refractivity contribution in [3.05, 3.63) is 51.7 Å². The molecule has 8 nitrogen and oxygen atoms in total. The molecule has 0 aliphatic carbocycles. The maximum atomic E-state index is 12.2. The molecule has 0 saturated carbocycles. The topological polar surface area (TPSA) is 111 Å². The van der Waals surface area contributed by atoms with Crippen LogP contribution in [0.15, 0.2) is 35.0 Å². The lowest BCUT2D eigenvalue weighted by atomic mass is 10.1. The third kappa shape index (κ3) is 7.00. The highest BCUT2D eigenvalue weighted by Gasteiger charge is 2.16. The Hall–Kier alpha value is -3.20. The Labute approximate surface area is 178 Å². The molecular formula is C21H24N2O6S. The Morgan fingerprint density at radius 2 is 1.57 bits per heavy atom. The largest absolute Gasteiger partial charge is 0.462 e. The van der Waals surface area contributed by atoms with Crippen LogP contribution in [0.1, 0.15) is 57.8 Å². The van der Waals surface area contributed by atoms with Crippen LogP contribution >= 0.6 is 11.3 Å². The summed E-state index contributed by atoms with van der Waals surface area (Å²) in [6, 6.07) is 5.98. The van der Waals surface area contributed by atoms with Crippen LogP contribution in [0, 0.1) is 0 Å². The summed E-state index contributed by atoms with van der Waals surface area (Å²) >= 11 is 1.43. The van der Waals surface area contributed by atoms with E-state index in [9.17, 15) is 19.2 Å². The molecule has 1 aromatic carbocycles. The zero-order valence-electron chi connectivity index (χ0n) is 16.9. The summed E-state index contributed by atoms with van der Waals surface area (Å²) in [5.41, 5.74) is 1.16. The number of anilines is 1. The van der Waals surface area contributed by atoms with Gasteiger partial charge in [0.15, 0.2) is 0 Å². The number of carbonyl (C=O) groups is 4. The van der Waals surface area contributed by atoms with Crippen LogP contribution in [-0.4, -0.2) is 43.5 Å². The number of hydrogen-bond donors (Lipinski definition) is 2. The molecule has 2 amide bonds. The Balaban J connectivity index is 1.95. The van der Waals surface area contributed by atoms with Gasteiger partial charge in [-0.15, -0.1) is 0 Å². The maximum absolute atomic E-state index is 12.2. The van der Waals surface area contributed by atoms with Crippen LogP contribution in [0.3, 0.4) is 0 Å². The van der Waals surface area contributed by atoms with E-state index in [1.54, 1.807) is 25.3 Å². The molecule has 1 aromatic heterocycles. The molecule has 0 aliphatic rings. The molecule has 0 unspecified atom stereocenters. The van der Waals surface area contributed by atoms with Crippen molar-refractivity contribution in [1.82, 2.24) is 5.32 Å². The number of hydrogen-bond acceptors (Lipinski definition) is 7. The number of esters is 2. The number of rotatable bonds is 10. The SMILES string of the molecule is CCOC(=O)c1cc(NC(=O)CCCNC(=O)c2ccsc2)cc(C(=O)OCC)c1. The monoisotopic (exact) mass is 432 g/mol. The van der Waals surface area contributed by atoms with Gasteiger partial charge < -0.3 is 20.1 Å². The van der Waals surface area contributed by atoms with Gasteiger partial charge in [0.2, 0.25) is 5.91 Å². The van der Waals surface area contributed by atoms with Gasteiger partial charge >= 0.3 is 11.9 Å². The van der Waals surface area contributed by atoms with Crippen molar-refractivity contribution in [2.75, 3.05) is 25.1 Å². The van der Waals surface area contributed by atoms with Gasteiger partial charge in [0.1, 0.15) is 0 Å². The van der Waals surface area contributed by atoms with E-state index in [0.717, 1.165) is 0 Å². The van der Waals surface area contributed by atoms with E-state index in [4.69, 9.17) is 9.47 Å². The first-order chi connectivity index (χ1) is 14.4. The van der Waals surface area contributed by atoms with E-state index in [1.165, 1.54) is 29.5 Å². The molecule has 2 N–H and O–H groups in total. The first-order valence-corrected chi connectivity index (χ1v) is 10.5. The predicted molar refractivity (Wildman–Crippen MR) is 113 cm³/mol. The number of ether oxygens (including phenoxy) is 2. The minimum absolute atomic E-state index is 0.140. The van der Waals surface area contributed by atoms with Crippen LogP contribution in [0.25, 0.3) is 0 Å². The summed E-state index contributed by atoms with van der Waals surface area (Å²) in [6.45, 7) is 4.06. The minimum atomic E-state index is -0.602. The zero-order chi connectivity index (χ0) is 21.9. The van der Waals surface area contributed by atoms with Gasteiger partial charge in [-0.25, -0.2) is 9.59 Å². The summed E-state index contributed by atoms with van der Waals surface area (Å²) in [4.78, 5) is 48.2. The molecule has 2 aromatic rings. The molecule has 0 radical (unpaired) electrons. The van der Waals surface area contributed by atoms with Crippen molar-refractivity contribution in [3.63, 3.8) is 0 Å². The average molecular weight is 432 g/mol. The summed E-state index contributed by atoms with van der Waals surface area (Å²) in [6.07, 6.45) is 0.590. The highest BCUT2D eigenvalue weighted by molar-refractivity contribution is 7.08. The summed E-state index contributed by atoms with van der Waals surface area (Å²) in [5, 5.41) is 8.98. The van der Waals surface area contributed by atoms with Gasteiger partial charge in [-0.1, -0.05) is 0 Å². The molecule has 30 heavy (non-hydrogen) atoms. The summed E-state index contributed by atoms with van der Waals surface area (Å²) in [7, 11) is 0. The number of carbonyl (C=O) groups excluding carboxylic acids is 4. The second-order valence-corrected chi connectivity index (χ2v) is 6.94. The van der Waals surface area contributed by atoms with Gasteiger partial charge in [-0.05, 0) is 49.9 Å². The van der Waals surface area contributed by atoms with E-state index in [2.05, 4.69) is 10.6 Å². The lowest BCUT2D eigenvalue weighted by Crippen LogP contribution is -2.25. The molecule has 0 saturated heterocycles. The first-order valence-electron chi connectivity index (χ1n) is 9.54. The maximum Gasteiger partial charge on any atom is 0.338 e. The van der Waals surface area contributed by atoms with E-state index in [1.807, 2.05) is 5.38 Å². The van der Waals surface area contributed by atoms with Crippen molar-refractivity contribution in [1.29, 1.82) is 0 Å². The van der Waals surface area contributed by atoms with Crippen LogP contribution < -0.4 is 10.6 Å². The van der Waals surface area contributed by atoms with Gasteiger partial charge in [0.25, 0.3) is 5.91 Å². The normalized spacial score (nSPS) is 10.2. The van der Waals surface area contributed by atoms with Crippen LogP contribution in [0.2, 0.25) is 0 Å². The Kier molecular flexibility index (Phi) is 9.02. The Morgan fingerprint density at radius 1 is 0.933 bits per heavy atom. The van der Waals surface area contributed by atoms with Crippen LogP contribution in [0.4, 0.5) is 5.69 Å². The van der Waals surface area contributed by atoms with Crippen molar-refractivity contribution in [2.45, 2.75) is 26.7 Å². The van der Waals surface area contributed by atoms with Gasteiger partial charge in [-0.3, -0.25) is 9.59 Å². The zero-order valence-corrected chi connectivity index (χ0v) is 17.7. The number of nitrogens with one attached hydrogen (secondary N) is 2. The molecular weight excluding hydrogens is 408 g/mol. The fraction of sp³-hybridized carbons (Fsp3) is 0.333. The number of thiophene rings is 1. The molecule has 0 aliphatic heterocycles. The van der Waals surface area contributed by atoms with Gasteiger partial charge in [-0.2, -0.15) is 11.3 Å². The second kappa shape index (κ2) is 11.7. The van der Waals surface area contributed by atoms with Crippen LogP contribution in [0.5, 0.6) is 0 Å². The van der Waals surface area contributed by atoms with Crippen molar-refractivity contribution < 1.29 is 28.7 Å². The number of amides is 2. The second-order valence-electron chi connectivity index (χ2n) is 6.16. The first kappa shape index (κ1) is 23.1. The van der Waals surface area contributed by atoms with E-state index < -0.39 is 11.9 Å². The minimum Gasteiger partial charge on any atom is -0.462 e. The third-order valence-electron chi connectivity index (χ3n) is 3.89. The average Bonchev–Trinajstić information content (AvgIpc) is 3.26. The third-order valence-corrected chi connectivity index (χ3v) is 4.57. The molecule has 160 valence electrons. The summed E-state index contributed by atoms with van der Waals surface area (Å²) in [5.74, 6) is -1.70. The molecule has 0 atom stereocenters. The molecule has 1 heterocycles. The van der Waals surface area contributed by atoms with Gasteiger partial charge in [0, 0.05) is 29.6 Å². The lowest BCUT2D eigenvalue weighted by molar-refractivity contribution is -0.116. The molecule has 9 heteroatoms. The van der Waals surface area contributed by atoms with Crippen molar-refractivity contribution >= 4 is 40.8 Å².